The lowest BCUT2D eigenvalue weighted by molar-refractivity contribution is 0.165. The summed E-state index contributed by atoms with van der Waals surface area (Å²) >= 11 is 3.21. The van der Waals surface area contributed by atoms with Gasteiger partial charge in [0.2, 0.25) is 10.0 Å². The first kappa shape index (κ1) is 17.2. The van der Waals surface area contributed by atoms with Gasteiger partial charge in [-0.1, -0.05) is 18.2 Å². The normalized spacial score (nSPS) is 15.1. The highest BCUT2D eigenvalue weighted by molar-refractivity contribution is 9.10. The third-order valence-corrected chi connectivity index (χ3v) is 5.98. The van der Waals surface area contributed by atoms with Crippen molar-refractivity contribution in [2.24, 2.45) is 0 Å². The van der Waals surface area contributed by atoms with Gasteiger partial charge in [-0.05, 0) is 45.8 Å². The van der Waals surface area contributed by atoms with Crippen molar-refractivity contribution in [3.63, 3.8) is 0 Å². The van der Waals surface area contributed by atoms with E-state index in [0.29, 0.717) is 34.7 Å². The number of aliphatic hydroxyl groups excluding tert-OH is 1. The second kappa shape index (κ2) is 7.10. The molecule has 3 rings (SSSR count). The molecule has 0 bridgehead atoms. The Morgan fingerprint density at radius 2 is 1.83 bits per heavy atom. The molecular weight excluding hydrogens is 398 g/mol. The van der Waals surface area contributed by atoms with Gasteiger partial charge in [0.25, 0.3) is 0 Å². The molecule has 0 aliphatic carbocycles. The van der Waals surface area contributed by atoms with Crippen LogP contribution in [0.5, 0.6) is 11.5 Å². The molecule has 0 saturated carbocycles. The average molecular weight is 414 g/mol. The van der Waals surface area contributed by atoms with Gasteiger partial charge in [0.1, 0.15) is 13.2 Å². The molecule has 128 valence electrons. The van der Waals surface area contributed by atoms with E-state index in [9.17, 15) is 13.5 Å². The summed E-state index contributed by atoms with van der Waals surface area (Å²) in [5, 5.41) is 10.3. The monoisotopic (exact) mass is 413 g/mol. The van der Waals surface area contributed by atoms with E-state index in [0.717, 1.165) is 0 Å². The molecule has 0 saturated heterocycles. The van der Waals surface area contributed by atoms with Gasteiger partial charge >= 0.3 is 0 Å². The van der Waals surface area contributed by atoms with E-state index in [1.54, 1.807) is 36.4 Å². The fraction of sp³-hybridized carbons (Fsp3) is 0.250. The van der Waals surface area contributed by atoms with Crippen LogP contribution in [0.15, 0.2) is 51.8 Å². The van der Waals surface area contributed by atoms with E-state index < -0.39 is 16.1 Å². The van der Waals surface area contributed by atoms with Crippen molar-refractivity contribution >= 4 is 26.0 Å². The lowest BCUT2D eigenvalue weighted by atomic mass is 10.1. The van der Waals surface area contributed by atoms with Gasteiger partial charge in [0, 0.05) is 11.0 Å². The Morgan fingerprint density at radius 3 is 2.58 bits per heavy atom. The lowest BCUT2D eigenvalue weighted by Gasteiger charge is -2.20. The number of aliphatic hydroxyl groups is 1. The minimum Gasteiger partial charge on any atom is -0.486 e. The summed E-state index contributed by atoms with van der Waals surface area (Å²) in [6.45, 7) is 0.783. The molecule has 0 amide bonds. The van der Waals surface area contributed by atoms with Crippen molar-refractivity contribution in [1.29, 1.82) is 0 Å². The van der Waals surface area contributed by atoms with E-state index >= 15 is 0 Å². The number of hydrogen-bond donors (Lipinski definition) is 2. The topological polar surface area (TPSA) is 84.9 Å². The van der Waals surface area contributed by atoms with Crippen LogP contribution in [0, 0.1) is 0 Å². The zero-order valence-corrected chi connectivity index (χ0v) is 15.0. The first-order valence-corrected chi connectivity index (χ1v) is 9.57. The molecule has 0 fully saturated rings. The number of ether oxygens (including phenoxy) is 2. The molecular formula is C16H16BrNO5S. The van der Waals surface area contributed by atoms with Crippen LogP contribution in [0.1, 0.15) is 11.7 Å². The molecule has 24 heavy (non-hydrogen) atoms. The van der Waals surface area contributed by atoms with Crippen molar-refractivity contribution in [3.05, 3.63) is 52.5 Å². The Bertz CT molecular complexity index is 840. The maximum atomic E-state index is 12.3. The van der Waals surface area contributed by atoms with E-state index in [4.69, 9.17) is 9.47 Å². The lowest BCUT2D eigenvalue weighted by Crippen LogP contribution is -2.29. The molecule has 2 aromatic carbocycles. The summed E-state index contributed by atoms with van der Waals surface area (Å²) in [6.07, 6.45) is -1.00. The van der Waals surface area contributed by atoms with Gasteiger partial charge < -0.3 is 14.6 Å². The second-order valence-electron chi connectivity index (χ2n) is 5.20. The van der Waals surface area contributed by atoms with Crippen LogP contribution in [0.3, 0.4) is 0 Å². The molecule has 0 aromatic heterocycles. The van der Waals surface area contributed by atoms with Crippen LogP contribution in [0.2, 0.25) is 0 Å². The van der Waals surface area contributed by atoms with Crippen LogP contribution in [0.4, 0.5) is 0 Å². The van der Waals surface area contributed by atoms with Crippen LogP contribution in [-0.2, 0) is 10.0 Å². The maximum absolute atomic E-state index is 12.3. The zero-order chi connectivity index (χ0) is 17.2. The summed E-state index contributed by atoms with van der Waals surface area (Å²) in [4.78, 5) is 0.124. The smallest absolute Gasteiger partial charge is 0.241 e. The summed E-state index contributed by atoms with van der Waals surface area (Å²) in [5.74, 6) is 1.16. The van der Waals surface area contributed by atoms with Crippen molar-refractivity contribution < 1.29 is 23.0 Å². The summed E-state index contributed by atoms with van der Waals surface area (Å²) < 4.78 is 38.4. The Hall–Kier alpha value is -1.61. The number of rotatable bonds is 5. The number of benzene rings is 2. The van der Waals surface area contributed by atoms with Gasteiger partial charge in [-0.3, -0.25) is 0 Å². The highest BCUT2D eigenvalue weighted by atomic mass is 79.9. The van der Waals surface area contributed by atoms with Crippen molar-refractivity contribution in [2.45, 2.75) is 11.0 Å². The van der Waals surface area contributed by atoms with Gasteiger partial charge in [0.15, 0.2) is 11.5 Å². The SMILES string of the molecule is O=S(=O)(NCC(O)c1ccc2c(c1)OCCO2)c1ccccc1Br. The van der Waals surface area contributed by atoms with E-state index in [1.807, 2.05) is 0 Å². The molecule has 2 N–H and O–H groups in total. The standard InChI is InChI=1S/C16H16BrNO5S/c17-12-3-1-2-4-16(12)24(20,21)18-10-13(19)11-5-6-14-15(9-11)23-8-7-22-14/h1-6,9,13,18-19H,7-8,10H2. The molecule has 0 radical (unpaired) electrons. The molecule has 1 heterocycles. The molecule has 8 heteroatoms. The number of halogens is 1. The van der Waals surface area contributed by atoms with E-state index in [1.165, 1.54) is 6.07 Å². The number of sulfonamides is 1. The van der Waals surface area contributed by atoms with E-state index in [2.05, 4.69) is 20.7 Å². The highest BCUT2D eigenvalue weighted by Gasteiger charge is 2.20. The Morgan fingerprint density at radius 1 is 1.12 bits per heavy atom. The average Bonchev–Trinajstić information content (AvgIpc) is 2.59. The highest BCUT2D eigenvalue weighted by Crippen LogP contribution is 2.32. The maximum Gasteiger partial charge on any atom is 0.241 e. The van der Waals surface area contributed by atoms with Gasteiger partial charge in [-0.2, -0.15) is 0 Å². The fourth-order valence-corrected chi connectivity index (χ4v) is 4.35. The predicted octanol–water partition coefficient (Wildman–Crippen LogP) is 2.23. The van der Waals surface area contributed by atoms with Gasteiger partial charge in [-0.25, -0.2) is 13.1 Å². The largest absolute Gasteiger partial charge is 0.486 e. The molecule has 2 aromatic rings. The minimum absolute atomic E-state index is 0.124. The number of fused-ring (bicyclic) bond motifs is 1. The fourth-order valence-electron chi connectivity index (χ4n) is 2.31. The molecule has 6 nitrogen and oxygen atoms in total. The summed E-state index contributed by atoms with van der Waals surface area (Å²) in [6, 6.07) is 11.5. The molecule has 0 spiro atoms. The third-order valence-electron chi connectivity index (χ3n) is 3.54. The predicted molar refractivity (Wildman–Crippen MR) is 91.7 cm³/mol. The van der Waals surface area contributed by atoms with Crippen LogP contribution < -0.4 is 14.2 Å². The van der Waals surface area contributed by atoms with Crippen LogP contribution >= 0.6 is 15.9 Å². The van der Waals surface area contributed by atoms with Gasteiger partial charge in [-0.15, -0.1) is 0 Å². The molecule has 1 aliphatic heterocycles. The number of hydrogen-bond acceptors (Lipinski definition) is 5. The Labute approximate surface area is 148 Å². The van der Waals surface area contributed by atoms with Gasteiger partial charge in [0.05, 0.1) is 11.0 Å². The summed E-state index contributed by atoms with van der Waals surface area (Å²) in [7, 11) is -3.72. The first-order chi connectivity index (χ1) is 11.5. The van der Waals surface area contributed by atoms with Crippen molar-refractivity contribution in [2.75, 3.05) is 19.8 Å². The minimum atomic E-state index is -3.72. The first-order valence-electron chi connectivity index (χ1n) is 7.29. The van der Waals surface area contributed by atoms with Crippen LogP contribution in [0.25, 0.3) is 0 Å². The van der Waals surface area contributed by atoms with Crippen LogP contribution in [-0.4, -0.2) is 33.3 Å². The Balaban J connectivity index is 1.71. The molecule has 1 aliphatic rings. The Kier molecular flexibility index (Phi) is 5.09. The van der Waals surface area contributed by atoms with E-state index in [-0.39, 0.29) is 11.4 Å². The molecule has 1 unspecified atom stereocenters. The number of nitrogens with one attached hydrogen (secondary N) is 1. The van der Waals surface area contributed by atoms with Crippen molar-refractivity contribution in [3.8, 4) is 11.5 Å². The third kappa shape index (κ3) is 3.72. The summed E-state index contributed by atoms with van der Waals surface area (Å²) in [5.41, 5.74) is 0.550. The van der Waals surface area contributed by atoms with Crippen molar-refractivity contribution in [1.82, 2.24) is 4.72 Å². The quantitative estimate of drug-likeness (QED) is 0.784. The molecule has 1 atom stereocenters. The zero-order valence-electron chi connectivity index (χ0n) is 12.6. The second-order valence-corrected chi connectivity index (χ2v) is 7.79.